The number of amides is 1. The molecule has 4 aromatic rings. The maximum atomic E-state index is 14.1. The standard InChI is InChI=1S/C25H23FN4O2/c1-14-16-5-4-6-18(26)22(16)32-21(14)24(31)30-20-12-25(2,3)11-19-17(20)13-28-23(29-19)15-7-9-27-10-8-15/h4-10,13,20H,11-12H2,1-3H3,(H,30,31)/t20-/m1/s1. The number of pyridine rings is 1. The molecule has 3 heterocycles. The van der Waals surface area contributed by atoms with E-state index < -0.39 is 5.82 Å². The number of aromatic nitrogens is 3. The van der Waals surface area contributed by atoms with Gasteiger partial charge in [0.05, 0.1) is 11.7 Å². The maximum absolute atomic E-state index is 14.1. The van der Waals surface area contributed by atoms with E-state index in [2.05, 4.69) is 29.1 Å². The number of benzene rings is 1. The fourth-order valence-corrected chi connectivity index (χ4v) is 4.47. The van der Waals surface area contributed by atoms with Gasteiger partial charge in [-0.2, -0.15) is 0 Å². The molecule has 0 spiro atoms. The first-order valence-electron chi connectivity index (χ1n) is 10.6. The molecule has 5 rings (SSSR count). The second-order valence-corrected chi connectivity index (χ2v) is 9.08. The smallest absolute Gasteiger partial charge is 0.287 e. The highest BCUT2D eigenvalue weighted by Crippen LogP contribution is 2.40. The summed E-state index contributed by atoms with van der Waals surface area (Å²) < 4.78 is 19.8. The molecular weight excluding hydrogens is 407 g/mol. The van der Waals surface area contributed by atoms with Gasteiger partial charge in [-0.25, -0.2) is 14.4 Å². The van der Waals surface area contributed by atoms with Crippen molar-refractivity contribution in [1.82, 2.24) is 20.3 Å². The van der Waals surface area contributed by atoms with Gasteiger partial charge in [0.2, 0.25) is 0 Å². The number of fused-ring (bicyclic) bond motifs is 2. The summed E-state index contributed by atoms with van der Waals surface area (Å²) in [7, 11) is 0. The Labute approximate surface area is 184 Å². The molecule has 162 valence electrons. The molecule has 1 aliphatic rings. The Morgan fingerprint density at radius 2 is 2.00 bits per heavy atom. The zero-order valence-electron chi connectivity index (χ0n) is 18.1. The van der Waals surface area contributed by atoms with Crippen molar-refractivity contribution in [3.8, 4) is 11.4 Å². The number of nitrogens with one attached hydrogen (secondary N) is 1. The van der Waals surface area contributed by atoms with E-state index >= 15 is 0 Å². The van der Waals surface area contributed by atoms with Gasteiger partial charge in [-0.1, -0.05) is 26.0 Å². The van der Waals surface area contributed by atoms with E-state index in [-0.39, 0.29) is 28.7 Å². The number of para-hydroxylation sites is 1. The first-order valence-corrected chi connectivity index (χ1v) is 10.6. The maximum Gasteiger partial charge on any atom is 0.287 e. The van der Waals surface area contributed by atoms with E-state index in [0.717, 1.165) is 29.7 Å². The molecule has 0 saturated heterocycles. The third-order valence-electron chi connectivity index (χ3n) is 6.04. The fourth-order valence-electron chi connectivity index (χ4n) is 4.47. The Balaban J connectivity index is 1.49. The van der Waals surface area contributed by atoms with Crippen molar-refractivity contribution in [2.24, 2.45) is 5.41 Å². The second kappa shape index (κ2) is 7.51. The SMILES string of the molecule is Cc1c(C(=O)N[C@@H]2CC(C)(C)Cc3nc(-c4ccncc4)ncc32)oc2c(F)cccc12. The minimum atomic E-state index is -0.481. The van der Waals surface area contributed by atoms with Crippen molar-refractivity contribution in [2.75, 3.05) is 0 Å². The van der Waals surface area contributed by atoms with Gasteiger partial charge in [0.15, 0.2) is 23.0 Å². The fraction of sp³-hybridized carbons (Fsp3) is 0.280. The molecule has 0 radical (unpaired) electrons. The largest absolute Gasteiger partial charge is 0.448 e. The topological polar surface area (TPSA) is 80.9 Å². The lowest BCUT2D eigenvalue weighted by molar-refractivity contribution is 0.0892. The van der Waals surface area contributed by atoms with Crippen molar-refractivity contribution < 1.29 is 13.6 Å². The predicted octanol–water partition coefficient (Wildman–Crippen LogP) is 5.18. The van der Waals surface area contributed by atoms with Crippen molar-refractivity contribution in [1.29, 1.82) is 0 Å². The number of aryl methyl sites for hydroxylation is 1. The summed E-state index contributed by atoms with van der Waals surface area (Å²) in [6.45, 7) is 6.08. The average molecular weight is 430 g/mol. The molecule has 6 nitrogen and oxygen atoms in total. The first-order chi connectivity index (χ1) is 15.3. The summed E-state index contributed by atoms with van der Waals surface area (Å²) in [5.74, 6) is -0.0855. The summed E-state index contributed by atoms with van der Waals surface area (Å²) in [6, 6.07) is 8.16. The molecule has 0 fully saturated rings. The van der Waals surface area contributed by atoms with Gasteiger partial charge < -0.3 is 9.73 Å². The quantitative estimate of drug-likeness (QED) is 0.485. The van der Waals surface area contributed by atoms with Gasteiger partial charge in [-0.05, 0) is 43.4 Å². The molecule has 32 heavy (non-hydrogen) atoms. The number of carbonyl (C=O) groups excluding carboxylic acids is 1. The van der Waals surface area contributed by atoms with Crippen LogP contribution in [0.15, 0.2) is 53.3 Å². The van der Waals surface area contributed by atoms with Crippen molar-refractivity contribution in [3.05, 3.63) is 77.3 Å². The lowest BCUT2D eigenvalue weighted by atomic mass is 9.74. The lowest BCUT2D eigenvalue weighted by Crippen LogP contribution is -2.37. The van der Waals surface area contributed by atoms with E-state index in [0.29, 0.717) is 16.8 Å². The van der Waals surface area contributed by atoms with Crippen molar-refractivity contribution >= 4 is 16.9 Å². The molecule has 7 heteroatoms. The van der Waals surface area contributed by atoms with Crippen LogP contribution in [0, 0.1) is 18.2 Å². The van der Waals surface area contributed by atoms with Crippen molar-refractivity contribution in [2.45, 2.75) is 39.7 Å². The monoisotopic (exact) mass is 430 g/mol. The normalized spacial score (nSPS) is 17.2. The first kappa shape index (κ1) is 20.3. The molecule has 0 saturated carbocycles. The van der Waals surface area contributed by atoms with Gasteiger partial charge >= 0.3 is 0 Å². The van der Waals surface area contributed by atoms with Crippen LogP contribution in [0.1, 0.15) is 53.7 Å². The zero-order chi connectivity index (χ0) is 22.5. The molecule has 0 bridgehead atoms. The molecule has 1 N–H and O–H groups in total. The number of hydrogen-bond donors (Lipinski definition) is 1. The summed E-state index contributed by atoms with van der Waals surface area (Å²) in [6.07, 6.45) is 6.73. The van der Waals surface area contributed by atoms with Crippen LogP contribution in [0.2, 0.25) is 0 Å². The van der Waals surface area contributed by atoms with E-state index in [4.69, 9.17) is 9.40 Å². The van der Waals surface area contributed by atoms with Crippen LogP contribution in [0.4, 0.5) is 4.39 Å². The van der Waals surface area contributed by atoms with Crippen LogP contribution in [-0.2, 0) is 6.42 Å². The highest BCUT2D eigenvalue weighted by Gasteiger charge is 2.35. The van der Waals surface area contributed by atoms with Crippen LogP contribution < -0.4 is 5.32 Å². The van der Waals surface area contributed by atoms with Crippen LogP contribution in [0.3, 0.4) is 0 Å². The molecule has 0 aliphatic heterocycles. The molecule has 0 unspecified atom stereocenters. The number of carbonyl (C=O) groups is 1. The molecule has 1 aliphatic carbocycles. The number of nitrogens with zero attached hydrogens (tertiary/aromatic N) is 3. The molecule has 1 amide bonds. The number of halogens is 1. The lowest BCUT2D eigenvalue weighted by Gasteiger charge is -2.36. The Kier molecular flexibility index (Phi) is 4.77. The average Bonchev–Trinajstić information content (AvgIpc) is 3.11. The Hall–Kier alpha value is -3.61. The Bertz CT molecular complexity index is 1330. The van der Waals surface area contributed by atoms with Gasteiger partial charge in [0.25, 0.3) is 5.91 Å². The van der Waals surface area contributed by atoms with E-state index in [1.807, 2.05) is 12.1 Å². The third kappa shape index (κ3) is 3.53. The summed E-state index contributed by atoms with van der Waals surface area (Å²) in [5, 5.41) is 3.68. The zero-order valence-corrected chi connectivity index (χ0v) is 18.1. The minimum Gasteiger partial charge on any atom is -0.448 e. The molecule has 1 atom stereocenters. The van der Waals surface area contributed by atoms with Crippen LogP contribution >= 0.6 is 0 Å². The highest BCUT2D eigenvalue weighted by molar-refractivity contribution is 5.99. The predicted molar refractivity (Wildman–Crippen MR) is 118 cm³/mol. The Morgan fingerprint density at radius 1 is 1.22 bits per heavy atom. The number of furan rings is 1. The number of rotatable bonds is 3. The summed E-state index contributed by atoms with van der Waals surface area (Å²) >= 11 is 0. The van der Waals surface area contributed by atoms with Gasteiger partial charge in [0.1, 0.15) is 0 Å². The van der Waals surface area contributed by atoms with Crippen LogP contribution in [0.25, 0.3) is 22.4 Å². The minimum absolute atomic E-state index is 0.0656. The molecule has 3 aromatic heterocycles. The van der Waals surface area contributed by atoms with E-state index in [1.165, 1.54) is 6.07 Å². The molecule has 1 aromatic carbocycles. The Morgan fingerprint density at radius 3 is 2.75 bits per heavy atom. The third-order valence-corrected chi connectivity index (χ3v) is 6.04. The summed E-state index contributed by atoms with van der Waals surface area (Å²) in [5.41, 5.74) is 3.37. The van der Waals surface area contributed by atoms with Gasteiger partial charge in [-0.15, -0.1) is 0 Å². The number of hydrogen-bond acceptors (Lipinski definition) is 5. The second-order valence-electron chi connectivity index (χ2n) is 9.08. The van der Waals surface area contributed by atoms with E-state index in [9.17, 15) is 9.18 Å². The highest BCUT2D eigenvalue weighted by atomic mass is 19.1. The molecular formula is C25H23FN4O2. The van der Waals surface area contributed by atoms with E-state index in [1.54, 1.807) is 37.6 Å². The van der Waals surface area contributed by atoms with Crippen LogP contribution in [0.5, 0.6) is 0 Å². The van der Waals surface area contributed by atoms with Gasteiger partial charge in [-0.3, -0.25) is 9.78 Å². The van der Waals surface area contributed by atoms with Crippen molar-refractivity contribution in [3.63, 3.8) is 0 Å². The van der Waals surface area contributed by atoms with Gasteiger partial charge in [0, 0.05) is 40.7 Å². The van der Waals surface area contributed by atoms with Crippen LogP contribution in [-0.4, -0.2) is 20.9 Å². The summed E-state index contributed by atoms with van der Waals surface area (Å²) in [4.78, 5) is 26.5.